The minimum absolute atomic E-state index is 0.0173. The lowest BCUT2D eigenvalue weighted by Crippen LogP contribution is -2.53. The average molecular weight is 384 g/mol. The molecule has 6 heteroatoms. The van der Waals surface area contributed by atoms with E-state index < -0.39 is 6.10 Å². The molecule has 150 valence electrons. The average Bonchev–Trinajstić information content (AvgIpc) is 3.21. The van der Waals surface area contributed by atoms with Gasteiger partial charge >= 0.3 is 0 Å². The molecule has 2 amide bonds. The maximum Gasteiger partial charge on any atom is 0.289 e. The highest BCUT2D eigenvalue weighted by atomic mass is 16.5. The van der Waals surface area contributed by atoms with Crippen molar-refractivity contribution in [2.75, 3.05) is 26.2 Å². The first-order valence-electron chi connectivity index (χ1n) is 9.64. The molecular weight excluding hydrogens is 356 g/mol. The van der Waals surface area contributed by atoms with Gasteiger partial charge in [0.1, 0.15) is 5.75 Å². The molecule has 1 fully saturated rings. The van der Waals surface area contributed by atoms with Gasteiger partial charge in [-0.1, -0.05) is 32.9 Å². The first-order valence-corrected chi connectivity index (χ1v) is 9.64. The fourth-order valence-electron chi connectivity index (χ4n) is 3.23. The Balaban J connectivity index is 1.56. The molecule has 0 saturated carbocycles. The summed E-state index contributed by atoms with van der Waals surface area (Å²) in [6.45, 7) is 10.1. The van der Waals surface area contributed by atoms with Gasteiger partial charge in [-0.25, -0.2) is 0 Å². The predicted molar refractivity (Wildman–Crippen MR) is 106 cm³/mol. The van der Waals surface area contributed by atoms with Gasteiger partial charge in [-0.2, -0.15) is 0 Å². The number of rotatable bonds is 4. The molecule has 1 unspecified atom stereocenters. The van der Waals surface area contributed by atoms with Crippen molar-refractivity contribution in [1.29, 1.82) is 0 Å². The molecule has 1 aliphatic rings. The Labute approximate surface area is 166 Å². The molecule has 2 aromatic rings. The Morgan fingerprint density at radius 1 is 1.04 bits per heavy atom. The lowest BCUT2D eigenvalue weighted by atomic mass is 9.87. The molecular formula is C22H28N2O4. The van der Waals surface area contributed by atoms with E-state index in [4.69, 9.17) is 9.15 Å². The van der Waals surface area contributed by atoms with Crippen LogP contribution in [-0.2, 0) is 10.2 Å². The smallest absolute Gasteiger partial charge is 0.289 e. The van der Waals surface area contributed by atoms with Crippen molar-refractivity contribution < 1.29 is 18.7 Å². The van der Waals surface area contributed by atoms with Crippen LogP contribution in [0.25, 0.3) is 0 Å². The zero-order chi connectivity index (χ0) is 20.3. The number of ether oxygens (including phenoxy) is 1. The molecule has 3 rings (SSSR count). The van der Waals surface area contributed by atoms with Crippen molar-refractivity contribution in [2.45, 2.75) is 39.2 Å². The van der Waals surface area contributed by atoms with Crippen molar-refractivity contribution in [3.05, 3.63) is 54.0 Å². The SMILES string of the molecule is CC(Oc1cccc(C(C)(C)C)c1)C(=O)N1CCN(C(=O)c2ccco2)CC1. The second-order valence-electron chi connectivity index (χ2n) is 8.13. The molecule has 1 aliphatic heterocycles. The molecule has 1 saturated heterocycles. The van der Waals surface area contributed by atoms with Gasteiger partial charge in [0, 0.05) is 26.2 Å². The third-order valence-electron chi connectivity index (χ3n) is 4.97. The summed E-state index contributed by atoms with van der Waals surface area (Å²) in [5.74, 6) is 0.821. The molecule has 1 aromatic carbocycles. The Hall–Kier alpha value is -2.76. The second-order valence-corrected chi connectivity index (χ2v) is 8.13. The van der Waals surface area contributed by atoms with Crippen molar-refractivity contribution in [3.8, 4) is 5.75 Å². The van der Waals surface area contributed by atoms with Gasteiger partial charge in [0.05, 0.1) is 6.26 Å². The van der Waals surface area contributed by atoms with Crippen LogP contribution in [0.4, 0.5) is 0 Å². The number of furan rings is 1. The monoisotopic (exact) mass is 384 g/mol. The zero-order valence-electron chi connectivity index (χ0n) is 17.0. The van der Waals surface area contributed by atoms with E-state index >= 15 is 0 Å². The van der Waals surface area contributed by atoms with E-state index in [1.807, 2.05) is 18.2 Å². The number of hydrogen-bond acceptors (Lipinski definition) is 4. The van der Waals surface area contributed by atoms with Crippen LogP contribution >= 0.6 is 0 Å². The minimum atomic E-state index is -0.581. The van der Waals surface area contributed by atoms with E-state index in [0.717, 1.165) is 5.56 Å². The molecule has 1 aromatic heterocycles. The summed E-state index contributed by atoms with van der Waals surface area (Å²) in [4.78, 5) is 28.6. The van der Waals surface area contributed by atoms with Crippen LogP contribution in [-0.4, -0.2) is 53.9 Å². The van der Waals surface area contributed by atoms with Gasteiger partial charge in [-0.05, 0) is 42.2 Å². The number of piperazine rings is 1. The lowest BCUT2D eigenvalue weighted by Gasteiger charge is -2.35. The number of hydrogen-bond donors (Lipinski definition) is 0. The Bertz CT molecular complexity index is 815. The van der Waals surface area contributed by atoms with Gasteiger partial charge in [-0.3, -0.25) is 9.59 Å². The maximum absolute atomic E-state index is 12.8. The Morgan fingerprint density at radius 3 is 2.32 bits per heavy atom. The minimum Gasteiger partial charge on any atom is -0.481 e. The van der Waals surface area contributed by atoms with Gasteiger partial charge in [0.15, 0.2) is 11.9 Å². The first kappa shape index (κ1) is 20.0. The number of carbonyl (C=O) groups excluding carboxylic acids is 2. The lowest BCUT2D eigenvalue weighted by molar-refractivity contribution is -0.139. The highest BCUT2D eigenvalue weighted by Gasteiger charge is 2.29. The van der Waals surface area contributed by atoms with E-state index in [-0.39, 0.29) is 17.2 Å². The van der Waals surface area contributed by atoms with E-state index in [1.165, 1.54) is 6.26 Å². The molecule has 0 aliphatic carbocycles. The fraction of sp³-hybridized carbons (Fsp3) is 0.455. The van der Waals surface area contributed by atoms with Gasteiger partial charge < -0.3 is 19.0 Å². The first-order chi connectivity index (χ1) is 13.3. The third kappa shape index (κ3) is 4.55. The van der Waals surface area contributed by atoms with Gasteiger partial charge in [0.2, 0.25) is 0 Å². The number of nitrogens with zero attached hydrogens (tertiary/aromatic N) is 2. The summed E-state index contributed by atoms with van der Waals surface area (Å²) in [7, 11) is 0. The van der Waals surface area contributed by atoms with Crippen molar-refractivity contribution >= 4 is 11.8 Å². The van der Waals surface area contributed by atoms with Crippen LogP contribution in [0.2, 0.25) is 0 Å². The van der Waals surface area contributed by atoms with E-state index in [9.17, 15) is 9.59 Å². The van der Waals surface area contributed by atoms with Crippen LogP contribution in [0.1, 0.15) is 43.8 Å². The van der Waals surface area contributed by atoms with Crippen molar-refractivity contribution in [1.82, 2.24) is 9.80 Å². The largest absolute Gasteiger partial charge is 0.481 e. The highest BCUT2D eigenvalue weighted by Crippen LogP contribution is 2.26. The van der Waals surface area contributed by atoms with Crippen molar-refractivity contribution in [3.63, 3.8) is 0 Å². The molecule has 6 nitrogen and oxygen atoms in total. The van der Waals surface area contributed by atoms with Crippen molar-refractivity contribution in [2.24, 2.45) is 0 Å². The van der Waals surface area contributed by atoms with Gasteiger partial charge in [-0.15, -0.1) is 0 Å². The fourth-order valence-corrected chi connectivity index (χ4v) is 3.23. The van der Waals surface area contributed by atoms with Crippen LogP contribution in [0.5, 0.6) is 5.75 Å². The molecule has 0 radical (unpaired) electrons. The molecule has 0 N–H and O–H groups in total. The molecule has 1 atom stereocenters. The van der Waals surface area contributed by atoms with Crippen LogP contribution in [0.15, 0.2) is 47.1 Å². The van der Waals surface area contributed by atoms with E-state index in [2.05, 4.69) is 26.8 Å². The maximum atomic E-state index is 12.8. The summed E-state index contributed by atoms with van der Waals surface area (Å²) in [6.07, 6.45) is 0.906. The third-order valence-corrected chi connectivity index (χ3v) is 4.97. The summed E-state index contributed by atoms with van der Waals surface area (Å²) < 4.78 is 11.1. The van der Waals surface area contributed by atoms with E-state index in [0.29, 0.717) is 37.7 Å². The van der Waals surface area contributed by atoms with Gasteiger partial charge in [0.25, 0.3) is 11.8 Å². The standard InChI is InChI=1S/C22H28N2O4/c1-16(28-18-8-5-7-17(15-18)22(2,3)4)20(25)23-10-12-24(13-11-23)21(26)19-9-6-14-27-19/h5-9,14-16H,10-13H2,1-4H3. The molecule has 2 heterocycles. The highest BCUT2D eigenvalue weighted by molar-refractivity contribution is 5.91. The predicted octanol–water partition coefficient (Wildman–Crippen LogP) is 3.33. The van der Waals surface area contributed by atoms with Crippen LogP contribution < -0.4 is 4.74 Å². The second kappa shape index (κ2) is 8.09. The number of carbonyl (C=O) groups is 2. The molecule has 0 bridgehead atoms. The summed E-state index contributed by atoms with van der Waals surface area (Å²) in [5.41, 5.74) is 1.18. The zero-order valence-corrected chi connectivity index (χ0v) is 17.0. The Kier molecular flexibility index (Phi) is 5.77. The normalized spacial score (nSPS) is 16.0. The number of amides is 2. The summed E-state index contributed by atoms with van der Waals surface area (Å²) in [5, 5.41) is 0. The molecule has 0 spiro atoms. The summed E-state index contributed by atoms with van der Waals surface area (Å²) >= 11 is 0. The van der Waals surface area contributed by atoms with Crippen LogP contribution in [0.3, 0.4) is 0 Å². The van der Waals surface area contributed by atoms with Crippen LogP contribution in [0, 0.1) is 0 Å². The number of benzene rings is 1. The van der Waals surface area contributed by atoms with E-state index in [1.54, 1.807) is 28.9 Å². The summed E-state index contributed by atoms with van der Waals surface area (Å²) in [6, 6.07) is 11.2. The molecule has 28 heavy (non-hydrogen) atoms. The Morgan fingerprint density at radius 2 is 1.71 bits per heavy atom. The quantitative estimate of drug-likeness (QED) is 0.811. The topological polar surface area (TPSA) is 63.0 Å².